The van der Waals surface area contributed by atoms with Crippen LogP contribution in [0.5, 0.6) is 0 Å². The van der Waals surface area contributed by atoms with Crippen molar-refractivity contribution in [3.63, 3.8) is 0 Å². The van der Waals surface area contributed by atoms with Gasteiger partial charge in [0.25, 0.3) is 0 Å². The Morgan fingerprint density at radius 3 is 2.93 bits per heavy atom. The van der Waals surface area contributed by atoms with Gasteiger partial charge in [-0.15, -0.1) is 0 Å². The molecular formula is C21H29N5O. The number of fused-ring (bicyclic) bond motifs is 2. The number of aryl methyl sites for hydroxylation is 2. The molecule has 0 saturated carbocycles. The van der Waals surface area contributed by atoms with Crippen molar-refractivity contribution in [2.45, 2.75) is 63.4 Å². The molecule has 2 bridgehead atoms. The van der Waals surface area contributed by atoms with Crippen molar-refractivity contribution in [2.24, 2.45) is 4.99 Å². The molecule has 3 atom stereocenters. The molecule has 0 amide bonds. The van der Waals surface area contributed by atoms with Crippen LogP contribution in [-0.4, -0.2) is 40.8 Å². The molecule has 6 heteroatoms. The topological polar surface area (TPSA) is 63.5 Å². The Bertz CT molecular complexity index is 757. The average Bonchev–Trinajstić information content (AvgIpc) is 3.43. The molecule has 0 spiro atoms. The lowest BCUT2D eigenvalue weighted by molar-refractivity contribution is 0.0992. The van der Waals surface area contributed by atoms with E-state index in [1.54, 1.807) is 0 Å². The number of nitrogens with zero attached hydrogens (tertiary/aromatic N) is 3. The second kappa shape index (κ2) is 8.57. The highest BCUT2D eigenvalue weighted by atomic mass is 16.5. The lowest BCUT2D eigenvalue weighted by Crippen LogP contribution is -2.47. The van der Waals surface area contributed by atoms with Gasteiger partial charge in [0, 0.05) is 26.0 Å². The first kappa shape index (κ1) is 18.0. The maximum atomic E-state index is 5.92. The lowest BCUT2D eigenvalue weighted by atomic mass is 9.96. The first-order chi connectivity index (χ1) is 13.3. The normalized spacial score (nSPS) is 24.3. The highest BCUT2D eigenvalue weighted by Crippen LogP contribution is 2.34. The van der Waals surface area contributed by atoms with Crippen LogP contribution < -0.4 is 10.6 Å². The molecule has 6 nitrogen and oxygen atoms in total. The van der Waals surface area contributed by atoms with Crippen molar-refractivity contribution in [2.75, 3.05) is 7.05 Å². The zero-order chi connectivity index (χ0) is 18.5. The van der Waals surface area contributed by atoms with E-state index in [1.807, 2.05) is 13.2 Å². The number of rotatable bonds is 7. The van der Waals surface area contributed by atoms with E-state index in [0.717, 1.165) is 44.0 Å². The maximum Gasteiger partial charge on any atom is 0.191 e. The van der Waals surface area contributed by atoms with Gasteiger partial charge in [0.05, 0.1) is 24.8 Å². The minimum atomic E-state index is 0.341. The minimum Gasteiger partial charge on any atom is -0.373 e. The van der Waals surface area contributed by atoms with E-state index in [4.69, 9.17) is 4.74 Å². The summed E-state index contributed by atoms with van der Waals surface area (Å²) in [4.78, 5) is 8.88. The van der Waals surface area contributed by atoms with E-state index >= 15 is 0 Å². The summed E-state index contributed by atoms with van der Waals surface area (Å²) in [6.07, 6.45) is 10.3. The SMILES string of the molecule is CN=C(NCc1nccn1CCCc1ccccc1)NC1CC2CCC1O2. The first-order valence-corrected chi connectivity index (χ1v) is 9.98. The molecule has 2 N–H and O–H groups in total. The summed E-state index contributed by atoms with van der Waals surface area (Å²) in [5.41, 5.74) is 1.38. The van der Waals surface area contributed by atoms with Gasteiger partial charge < -0.3 is 19.9 Å². The third-order valence-electron chi connectivity index (χ3n) is 5.57. The van der Waals surface area contributed by atoms with Gasteiger partial charge in [-0.3, -0.25) is 4.99 Å². The highest BCUT2D eigenvalue weighted by Gasteiger charge is 2.41. The van der Waals surface area contributed by atoms with E-state index in [9.17, 15) is 0 Å². The average molecular weight is 367 g/mol. The Hall–Kier alpha value is -2.34. The number of guanidine groups is 1. The standard InChI is InChI=1S/C21H29N5O/c1-22-21(25-18-14-17-9-10-19(18)27-17)24-15-20-23-11-13-26(20)12-5-8-16-6-3-2-4-7-16/h2-4,6-7,11,13,17-19H,5,8-10,12,14-15H2,1H3,(H2,22,24,25). The zero-order valence-corrected chi connectivity index (χ0v) is 16.0. The third-order valence-corrected chi connectivity index (χ3v) is 5.57. The van der Waals surface area contributed by atoms with E-state index in [0.29, 0.717) is 24.8 Å². The second-order valence-electron chi connectivity index (χ2n) is 7.41. The molecule has 144 valence electrons. The predicted octanol–water partition coefficient (Wildman–Crippen LogP) is 2.50. The van der Waals surface area contributed by atoms with Gasteiger partial charge in [0.2, 0.25) is 0 Å². The van der Waals surface area contributed by atoms with Gasteiger partial charge in [0.15, 0.2) is 5.96 Å². The largest absolute Gasteiger partial charge is 0.373 e. The Morgan fingerprint density at radius 2 is 2.19 bits per heavy atom. The molecule has 0 radical (unpaired) electrons. The Labute approximate surface area is 161 Å². The van der Waals surface area contributed by atoms with Crippen LogP contribution in [0.25, 0.3) is 0 Å². The number of benzene rings is 1. The minimum absolute atomic E-state index is 0.341. The fourth-order valence-corrected chi connectivity index (χ4v) is 4.13. The van der Waals surface area contributed by atoms with Gasteiger partial charge >= 0.3 is 0 Å². The van der Waals surface area contributed by atoms with Gasteiger partial charge in [-0.2, -0.15) is 0 Å². The van der Waals surface area contributed by atoms with Crippen molar-refractivity contribution in [3.05, 3.63) is 54.1 Å². The molecule has 27 heavy (non-hydrogen) atoms. The van der Waals surface area contributed by atoms with E-state index in [1.165, 1.54) is 12.0 Å². The smallest absolute Gasteiger partial charge is 0.191 e. The van der Waals surface area contributed by atoms with Crippen molar-refractivity contribution < 1.29 is 4.74 Å². The van der Waals surface area contributed by atoms with Gasteiger partial charge in [-0.05, 0) is 37.7 Å². The van der Waals surface area contributed by atoms with Crippen LogP contribution in [-0.2, 0) is 24.2 Å². The Balaban J connectivity index is 1.25. The van der Waals surface area contributed by atoms with Crippen LogP contribution in [0.4, 0.5) is 0 Å². The Morgan fingerprint density at radius 1 is 1.30 bits per heavy atom. The Kier molecular flexibility index (Phi) is 5.72. The monoisotopic (exact) mass is 367 g/mol. The first-order valence-electron chi connectivity index (χ1n) is 9.98. The van der Waals surface area contributed by atoms with Crippen LogP contribution in [0.2, 0.25) is 0 Å². The maximum absolute atomic E-state index is 5.92. The molecule has 2 fully saturated rings. The summed E-state index contributed by atoms with van der Waals surface area (Å²) in [6.45, 7) is 1.64. The molecule has 3 heterocycles. The molecular weight excluding hydrogens is 338 g/mol. The quantitative estimate of drug-likeness (QED) is 0.583. The number of hydrogen-bond acceptors (Lipinski definition) is 3. The van der Waals surface area contributed by atoms with E-state index < -0.39 is 0 Å². The zero-order valence-electron chi connectivity index (χ0n) is 16.0. The number of imidazole rings is 1. The molecule has 3 unspecified atom stereocenters. The number of aliphatic imine (C=N–C) groups is 1. The summed E-state index contributed by atoms with van der Waals surface area (Å²) in [5.74, 6) is 1.87. The number of hydrogen-bond donors (Lipinski definition) is 2. The summed E-state index contributed by atoms with van der Waals surface area (Å²) < 4.78 is 8.14. The third kappa shape index (κ3) is 4.50. The van der Waals surface area contributed by atoms with Crippen LogP contribution in [0.15, 0.2) is 47.7 Å². The molecule has 1 aromatic carbocycles. The van der Waals surface area contributed by atoms with Gasteiger partial charge in [0.1, 0.15) is 5.82 Å². The highest BCUT2D eigenvalue weighted by molar-refractivity contribution is 5.80. The summed E-state index contributed by atoms with van der Waals surface area (Å²) >= 11 is 0. The summed E-state index contributed by atoms with van der Waals surface area (Å²) in [7, 11) is 1.82. The fourth-order valence-electron chi connectivity index (χ4n) is 4.13. The van der Waals surface area contributed by atoms with E-state index in [-0.39, 0.29) is 0 Å². The lowest BCUT2D eigenvalue weighted by Gasteiger charge is -2.22. The summed E-state index contributed by atoms with van der Waals surface area (Å²) in [5, 5.41) is 6.93. The van der Waals surface area contributed by atoms with E-state index in [2.05, 4.69) is 61.7 Å². The summed E-state index contributed by atoms with van der Waals surface area (Å²) in [6, 6.07) is 11.0. The number of aromatic nitrogens is 2. The van der Waals surface area contributed by atoms with Crippen molar-refractivity contribution in [1.29, 1.82) is 0 Å². The van der Waals surface area contributed by atoms with Crippen LogP contribution in [0, 0.1) is 0 Å². The predicted molar refractivity (Wildman–Crippen MR) is 107 cm³/mol. The molecule has 2 aliphatic rings. The van der Waals surface area contributed by atoms with Crippen molar-refractivity contribution >= 4 is 5.96 Å². The second-order valence-corrected chi connectivity index (χ2v) is 7.41. The molecule has 2 aromatic rings. The molecule has 2 saturated heterocycles. The molecule has 1 aromatic heterocycles. The van der Waals surface area contributed by atoms with Crippen LogP contribution >= 0.6 is 0 Å². The molecule has 4 rings (SSSR count). The van der Waals surface area contributed by atoms with Crippen LogP contribution in [0.1, 0.15) is 37.1 Å². The van der Waals surface area contributed by atoms with Crippen LogP contribution in [0.3, 0.4) is 0 Å². The number of ether oxygens (including phenoxy) is 1. The number of nitrogens with one attached hydrogen (secondary N) is 2. The van der Waals surface area contributed by atoms with Gasteiger partial charge in [-0.25, -0.2) is 4.98 Å². The fraction of sp³-hybridized carbons (Fsp3) is 0.524. The van der Waals surface area contributed by atoms with Crippen molar-refractivity contribution in [3.8, 4) is 0 Å². The molecule has 0 aliphatic carbocycles. The van der Waals surface area contributed by atoms with Crippen molar-refractivity contribution in [1.82, 2.24) is 20.2 Å². The molecule has 2 aliphatic heterocycles. The van der Waals surface area contributed by atoms with Gasteiger partial charge in [-0.1, -0.05) is 30.3 Å².